The van der Waals surface area contributed by atoms with Gasteiger partial charge in [0.15, 0.2) is 11.9 Å². The summed E-state index contributed by atoms with van der Waals surface area (Å²) < 4.78 is 0. The molecule has 1 aromatic carbocycles. The standard InChI is InChI=1S/C37H65N13O8/c1-20(2)28(39)33(55)49-27(19-22-12-14-23(51)15-13-22)32(54)50-29(21(3)4)34(56)47-25(10-7-17-44-36(40)41)30(52)46-24(9-5-6-16-38)31(53)48-26(35(57)58)11-8-18-45-37(42)43/h12-15,20-21,24-29,51H,5-11,16-19,38-39H2,1-4H3,(H,46,52)(H,47,56)(H,48,53)(H,49,55)(H,50,54)(H,57,58)(H4,40,41,44)(H4,42,43,45)/t24-,25-,26-,27-,28-,29-/m0/s1. The second-order valence-electron chi connectivity index (χ2n) is 14.7. The predicted octanol–water partition coefficient (Wildman–Crippen LogP) is -2.26. The smallest absolute Gasteiger partial charge is 0.326 e. The Hall–Kier alpha value is -5.70. The number of nitrogens with one attached hydrogen (secondary N) is 9. The van der Waals surface area contributed by atoms with Crippen molar-refractivity contribution < 1.29 is 39.0 Å². The van der Waals surface area contributed by atoms with Gasteiger partial charge in [0.2, 0.25) is 29.5 Å². The highest BCUT2D eigenvalue weighted by molar-refractivity contribution is 5.96. The number of unbranched alkanes of at least 4 members (excludes halogenated alkanes) is 1. The number of phenolic OH excluding ortho intramolecular Hbond substituents is 1. The Morgan fingerprint density at radius 3 is 1.53 bits per heavy atom. The van der Waals surface area contributed by atoms with E-state index in [1.165, 1.54) is 12.1 Å². The highest BCUT2D eigenvalue weighted by Crippen LogP contribution is 2.13. The summed E-state index contributed by atoms with van der Waals surface area (Å²) in [5, 5.41) is 52.6. The lowest BCUT2D eigenvalue weighted by Gasteiger charge is -2.29. The summed E-state index contributed by atoms with van der Waals surface area (Å²) in [5.41, 5.74) is 23.0. The number of hydrogen-bond donors (Lipinski definition) is 15. The van der Waals surface area contributed by atoms with Crippen LogP contribution in [0, 0.1) is 22.7 Å². The quantitative estimate of drug-likeness (QED) is 0.0253. The van der Waals surface area contributed by atoms with Crippen LogP contribution in [0.4, 0.5) is 0 Å². The monoisotopic (exact) mass is 820 g/mol. The molecule has 0 aliphatic carbocycles. The maximum Gasteiger partial charge on any atom is 0.326 e. The molecule has 5 amide bonds. The van der Waals surface area contributed by atoms with Gasteiger partial charge in [-0.05, 0) is 81.0 Å². The average molecular weight is 820 g/mol. The number of carboxylic acid groups (broad SMARTS) is 1. The van der Waals surface area contributed by atoms with Crippen LogP contribution in [0.1, 0.15) is 78.2 Å². The van der Waals surface area contributed by atoms with Gasteiger partial charge in [0, 0.05) is 19.5 Å². The number of rotatable bonds is 27. The van der Waals surface area contributed by atoms with E-state index in [4.69, 9.17) is 33.8 Å². The van der Waals surface area contributed by atoms with Crippen molar-refractivity contribution in [2.45, 2.75) is 115 Å². The van der Waals surface area contributed by atoms with Gasteiger partial charge in [0.05, 0.1) is 6.04 Å². The van der Waals surface area contributed by atoms with Gasteiger partial charge in [-0.2, -0.15) is 0 Å². The van der Waals surface area contributed by atoms with Gasteiger partial charge >= 0.3 is 5.97 Å². The Labute approximate surface area is 339 Å². The number of carbonyl (C=O) groups excluding carboxylic acids is 5. The van der Waals surface area contributed by atoms with Gasteiger partial charge in [-0.25, -0.2) is 4.79 Å². The molecule has 0 saturated heterocycles. The summed E-state index contributed by atoms with van der Waals surface area (Å²) in [4.78, 5) is 80.1. The third-order valence-electron chi connectivity index (χ3n) is 9.07. The zero-order valence-corrected chi connectivity index (χ0v) is 33.9. The number of benzene rings is 1. The van der Waals surface area contributed by atoms with Crippen LogP contribution < -0.4 is 60.2 Å². The van der Waals surface area contributed by atoms with Crippen molar-refractivity contribution in [3.05, 3.63) is 29.8 Å². The molecular weight excluding hydrogens is 754 g/mol. The first-order chi connectivity index (χ1) is 27.3. The molecule has 0 unspecified atom stereocenters. The number of carboxylic acids is 1. The minimum Gasteiger partial charge on any atom is -0.508 e. The van der Waals surface area contributed by atoms with Crippen molar-refractivity contribution >= 4 is 47.4 Å². The van der Waals surface area contributed by atoms with Crippen LogP contribution in [0.25, 0.3) is 0 Å². The van der Waals surface area contributed by atoms with Crippen LogP contribution in [-0.4, -0.2) is 114 Å². The van der Waals surface area contributed by atoms with Crippen molar-refractivity contribution in [2.24, 2.45) is 34.8 Å². The molecular formula is C37H65N13O8. The molecule has 1 rings (SSSR count). The lowest BCUT2D eigenvalue weighted by molar-refractivity contribution is -0.142. The fourth-order valence-corrected chi connectivity index (χ4v) is 5.59. The lowest BCUT2D eigenvalue weighted by atomic mass is 9.99. The molecule has 0 aliphatic rings. The normalized spacial score (nSPS) is 14.1. The van der Waals surface area contributed by atoms with Crippen LogP contribution in [0.3, 0.4) is 0 Å². The topological polar surface area (TPSA) is 379 Å². The van der Waals surface area contributed by atoms with Crippen LogP contribution in [0.2, 0.25) is 0 Å². The van der Waals surface area contributed by atoms with Crippen molar-refractivity contribution in [3.63, 3.8) is 0 Å². The van der Waals surface area contributed by atoms with Gasteiger partial charge in [0.25, 0.3) is 0 Å². The number of aromatic hydroxyl groups is 1. The Morgan fingerprint density at radius 1 is 0.621 bits per heavy atom. The number of guanidine groups is 2. The molecule has 326 valence electrons. The van der Waals surface area contributed by atoms with Crippen LogP contribution in [-0.2, 0) is 35.2 Å². The zero-order valence-electron chi connectivity index (χ0n) is 33.9. The molecule has 0 spiro atoms. The summed E-state index contributed by atoms with van der Waals surface area (Å²) in [6.07, 6.45) is 1.48. The van der Waals surface area contributed by atoms with E-state index >= 15 is 0 Å². The fraction of sp³-hybridized carbons (Fsp3) is 0.622. The van der Waals surface area contributed by atoms with Gasteiger partial charge < -0.3 is 70.4 Å². The van der Waals surface area contributed by atoms with Gasteiger partial charge in [0.1, 0.15) is 36.0 Å². The van der Waals surface area contributed by atoms with E-state index in [-0.39, 0.29) is 75.2 Å². The highest BCUT2D eigenvalue weighted by Gasteiger charge is 2.34. The molecule has 58 heavy (non-hydrogen) atoms. The first-order valence-electron chi connectivity index (χ1n) is 19.4. The average Bonchev–Trinajstić information content (AvgIpc) is 3.15. The Kier molecular flexibility index (Phi) is 22.8. The maximum atomic E-state index is 13.9. The molecule has 0 aliphatic heterocycles. The summed E-state index contributed by atoms with van der Waals surface area (Å²) >= 11 is 0. The second kappa shape index (κ2) is 26.3. The zero-order chi connectivity index (χ0) is 43.9. The molecule has 0 aromatic heterocycles. The Bertz CT molecular complexity index is 1530. The van der Waals surface area contributed by atoms with E-state index in [0.717, 1.165) is 0 Å². The molecule has 0 radical (unpaired) electrons. The highest BCUT2D eigenvalue weighted by atomic mass is 16.4. The minimum absolute atomic E-state index is 0.00102. The first-order valence-corrected chi connectivity index (χ1v) is 19.4. The number of nitrogens with two attached hydrogens (primary N) is 4. The molecule has 21 nitrogen and oxygen atoms in total. The number of phenols is 1. The third-order valence-corrected chi connectivity index (χ3v) is 9.07. The number of aliphatic carboxylic acids is 1. The Balaban J connectivity index is 3.35. The van der Waals surface area contributed by atoms with Crippen LogP contribution >= 0.6 is 0 Å². The van der Waals surface area contributed by atoms with E-state index in [9.17, 15) is 39.0 Å². The number of amides is 5. The van der Waals surface area contributed by atoms with Crippen LogP contribution in [0.15, 0.2) is 24.3 Å². The van der Waals surface area contributed by atoms with E-state index in [1.807, 2.05) is 0 Å². The van der Waals surface area contributed by atoms with Crippen molar-refractivity contribution in [1.82, 2.24) is 37.2 Å². The molecule has 1 aromatic rings. The van der Waals surface area contributed by atoms with Gasteiger partial charge in [-0.3, -0.25) is 34.8 Å². The van der Waals surface area contributed by atoms with Crippen LogP contribution in [0.5, 0.6) is 5.75 Å². The van der Waals surface area contributed by atoms with Crippen molar-refractivity contribution in [1.29, 1.82) is 10.8 Å². The summed E-state index contributed by atoms with van der Waals surface area (Å²) in [6, 6.07) is -1.09. The van der Waals surface area contributed by atoms with Gasteiger partial charge in [-0.1, -0.05) is 39.8 Å². The largest absolute Gasteiger partial charge is 0.508 e. The molecule has 21 heteroatoms. The molecule has 0 bridgehead atoms. The van der Waals surface area contributed by atoms with E-state index in [2.05, 4.69) is 37.2 Å². The predicted molar refractivity (Wildman–Crippen MR) is 218 cm³/mol. The summed E-state index contributed by atoms with van der Waals surface area (Å²) in [6.45, 7) is 7.51. The van der Waals surface area contributed by atoms with E-state index in [0.29, 0.717) is 24.9 Å². The molecule has 6 atom stereocenters. The third kappa shape index (κ3) is 19.4. The summed E-state index contributed by atoms with van der Waals surface area (Å²) in [5.74, 6) is -6.24. The summed E-state index contributed by atoms with van der Waals surface area (Å²) in [7, 11) is 0. The maximum absolute atomic E-state index is 13.9. The fourth-order valence-electron chi connectivity index (χ4n) is 5.59. The van der Waals surface area contributed by atoms with E-state index in [1.54, 1.807) is 39.8 Å². The van der Waals surface area contributed by atoms with Crippen molar-refractivity contribution in [3.8, 4) is 5.75 Å². The molecule has 0 saturated carbocycles. The lowest BCUT2D eigenvalue weighted by Crippen LogP contribution is -2.60. The minimum atomic E-state index is -1.32. The Morgan fingerprint density at radius 2 is 1.07 bits per heavy atom. The molecule has 0 fully saturated rings. The molecule has 0 heterocycles. The van der Waals surface area contributed by atoms with Crippen molar-refractivity contribution in [2.75, 3.05) is 19.6 Å². The SMILES string of the molecule is CC(C)[C@H](N)C(=O)N[C@@H](Cc1ccc(O)cc1)C(=O)N[C@H](C(=O)N[C@@H](CCCNC(=N)N)C(=O)N[C@@H](CCCCN)C(=O)N[C@@H](CCCNC(=N)N)C(=O)O)C(C)C. The van der Waals surface area contributed by atoms with E-state index < -0.39 is 77.7 Å². The van der Waals surface area contributed by atoms with Gasteiger partial charge in [-0.15, -0.1) is 0 Å². The molecule has 19 N–H and O–H groups in total. The first kappa shape index (κ1) is 50.3. The number of carbonyl (C=O) groups is 6. The number of hydrogen-bond acceptors (Lipinski definition) is 11. The second-order valence-corrected chi connectivity index (χ2v) is 14.7.